The predicted octanol–water partition coefficient (Wildman–Crippen LogP) is 3.55. The van der Waals surface area contributed by atoms with Crippen molar-refractivity contribution in [2.45, 2.75) is 33.1 Å². The number of carboxylic acids is 1. The van der Waals surface area contributed by atoms with Gasteiger partial charge in [-0.1, -0.05) is 25.1 Å². The molecule has 0 bridgehead atoms. The van der Waals surface area contributed by atoms with E-state index in [-0.39, 0.29) is 18.9 Å². The van der Waals surface area contributed by atoms with Crippen molar-refractivity contribution in [1.82, 2.24) is 4.98 Å². The third kappa shape index (κ3) is 10.2. The number of carbonyl (C=O) groups excluding carboxylic acids is 1. The zero-order chi connectivity index (χ0) is 20.6. The number of hydrogen-bond acceptors (Lipinski definition) is 6. The number of aryl methyl sites for hydroxylation is 1. The molecule has 0 saturated heterocycles. The first-order chi connectivity index (χ1) is 13.6. The number of pyridine rings is 1. The van der Waals surface area contributed by atoms with Crippen LogP contribution in [0.4, 0.5) is 5.69 Å². The minimum Gasteiger partial charge on any atom is -0.493 e. The van der Waals surface area contributed by atoms with Crippen LogP contribution in [0.1, 0.15) is 32.3 Å². The van der Waals surface area contributed by atoms with E-state index in [4.69, 9.17) is 14.6 Å². The van der Waals surface area contributed by atoms with E-state index < -0.39 is 5.97 Å². The van der Waals surface area contributed by atoms with Crippen LogP contribution in [-0.4, -0.2) is 41.8 Å². The second kappa shape index (κ2) is 14.0. The highest BCUT2D eigenvalue weighted by molar-refractivity contribution is 5.75. The monoisotopic (exact) mass is 388 g/mol. The molecule has 152 valence electrons. The second-order valence-corrected chi connectivity index (χ2v) is 5.70. The molecule has 0 spiro atoms. The summed E-state index contributed by atoms with van der Waals surface area (Å²) in [6.45, 7) is 4.97. The molecule has 0 atom stereocenters. The molecule has 0 saturated carbocycles. The largest absolute Gasteiger partial charge is 0.493 e. The zero-order valence-corrected chi connectivity index (χ0v) is 16.4. The predicted molar refractivity (Wildman–Crippen MR) is 108 cm³/mol. The molecule has 7 heteroatoms. The van der Waals surface area contributed by atoms with Crippen LogP contribution in [0.15, 0.2) is 48.8 Å². The molecule has 0 unspecified atom stereocenters. The summed E-state index contributed by atoms with van der Waals surface area (Å²) in [4.78, 5) is 25.1. The van der Waals surface area contributed by atoms with E-state index in [1.54, 1.807) is 31.5 Å². The molecular formula is C21H28N2O5. The molecule has 1 aromatic heterocycles. The summed E-state index contributed by atoms with van der Waals surface area (Å²) >= 11 is 0. The fourth-order valence-electron chi connectivity index (χ4n) is 2.23. The Kier molecular flexibility index (Phi) is 11.5. The van der Waals surface area contributed by atoms with Crippen molar-refractivity contribution in [3.05, 3.63) is 54.4 Å². The van der Waals surface area contributed by atoms with Crippen LogP contribution < -0.4 is 10.1 Å². The molecule has 1 heterocycles. The summed E-state index contributed by atoms with van der Waals surface area (Å²) in [7, 11) is 0. The Morgan fingerprint density at radius 1 is 1.11 bits per heavy atom. The number of carbonyl (C=O) groups is 2. The lowest BCUT2D eigenvalue weighted by Crippen LogP contribution is -2.17. The van der Waals surface area contributed by atoms with Gasteiger partial charge in [0, 0.05) is 24.5 Å². The topological polar surface area (TPSA) is 97.8 Å². The summed E-state index contributed by atoms with van der Waals surface area (Å²) in [6.07, 6.45) is 4.88. The van der Waals surface area contributed by atoms with Crippen LogP contribution in [0.2, 0.25) is 0 Å². The Labute approximate surface area is 165 Å². The van der Waals surface area contributed by atoms with Crippen molar-refractivity contribution in [1.29, 1.82) is 0 Å². The van der Waals surface area contributed by atoms with Crippen molar-refractivity contribution in [3.63, 3.8) is 0 Å². The molecule has 0 aliphatic rings. The number of aromatic nitrogens is 1. The summed E-state index contributed by atoms with van der Waals surface area (Å²) in [5.41, 5.74) is 2.22. The summed E-state index contributed by atoms with van der Waals surface area (Å²) < 4.78 is 10.1. The quantitative estimate of drug-likeness (QED) is 0.474. The number of rotatable bonds is 10. The van der Waals surface area contributed by atoms with Gasteiger partial charge in [-0.2, -0.15) is 0 Å². The number of nitrogens with zero attached hydrogens (tertiary/aromatic N) is 1. The van der Waals surface area contributed by atoms with E-state index in [2.05, 4.69) is 17.2 Å². The van der Waals surface area contributed by atoms with Gasteiger partial charge in [0.1, 0.15) is 12.3 Å². The van der Waals surface area contributed by atoms with Gasteiger partial charge in [-0.15, -0.1) is 0 Å². The average Bonchev–Trinajstić information content (AvgIpc) is 2.71. The molecule has 2 N–H and O–H groups in total. The number of hydrogen-bond donors (Lipinski definition) is 2. The molecule has 1 aromatic carbocycles. The molecule has 2 rings (SSSR count). The van der Waals surface area contributed by atoms with Gasteiger partial charge in [-0.05, 0) is 43.5 Å². The lowest BCUT2D eigenvalue weighted by atomic mass is 10.1. The van der Waals surface area contributed by atoms with E-state index in [1.807, 2.05) is 24.3 Å². The van der Waals surface area contributed by atoms with E-state index in [0.29, 0.717) is 19.6 Å². The third-order valence-corrected chi connectivity index (χ3v) is 3.58. The Hall–Kier alpha value is -3.09. The molecule has 0 radical (unpaired) electrons. The van der Waals surface area contributed by atoms with Crippen molar-refractivity contribution in [2.24, 2.45) is 0 Å². The van der Waals surface area contributed by atoms with E-state index in [9.17, 15) is 9.59 Å². The van der Waals surface area contributed by atoms with Crippen LogP contribution in [0.5, 0.6) is 5.75 Å². The van der Waals surface area contributed by atoms with Crippen LogP contribution >= 0.6 is 0 Å². The number of aliphatic carboxylic acids is 1. The number of para-hydroxylation sites is 1. The Bertz CT molecular complexity index is 707. The van der Waals surface area contributed by atoms with Gasteiger partial charge in [-0.3, -0.25) is 14.6 Å². The lowest BCUT2D eigenvalue weighted by Gasteiger charge is -2.09. The highest BCUT2D eigenvalue weighted by atomic mass is 16.5. The van der Waals surface area contributed by atoms with Gasteiger partial charge >= 0.3 is 11.9 Å². The summed E-state index contributed by atoms with van der Waals surface area (Å²) in [6, 6.07) is 11.4. The minimum atomic E-state index is -0.793. The smallest absolute Gasteiger partial charge is 0.325 e. The van der Waals surface area contributed by atoms with E-state index >= 15 is 0 Å². The third-order valence-electron chi connectivity index (χ3n) is 3.58. The molecule has 7 nitrogen and oxygen atoms in total. The van der Waals surface area contributed by atoms with Crippen LogP contribution in [0.25, 0.3) is 0 Å². The molecular weight excluding hydrogens is 360 g/mol. The lowest BCUT2D eigenvalue weighted by molar-refractivity contribution is -0.141. The fourth-order valence-corrected chi connectivity index (χ4v) is 2.23. The number of carboxylic acid groups (broad SMARTS) is 1. The normalized spacial score (nSPS) is 9.64. The first kappa shape index (κ1) is 23.0. The second-order valence-electron chi connectivity index (χ2n) is 5.70. The van der Waals surface area contributed by atoms with E-state index in [0.717, 1.165) is 17.9 Å². The SMILES string of the molecule is CCOC(=O)CNc1ccccc1CC.O=C(O)CCCOc1ccncc1. The first-order valence-electron chi connectivity index (χ1n) is 9.28. The van der Waals surface area contributed by atoms with Crippen LogP contribution in [0.3, 0.4) is 0 Å². The van der Waals surface area contributed by atoms with Crippen LogP contribution in [0, 0.1) is 0 Å². The van der Waals surface area contributed by atoms with Crippen molar-refractivity contribution in [3.8, 4) is 5.75 Å². The maximum absolute atomic E-state index is 11.1. The van der Waals surface area contributed by atoms with Gasteiger partial charge in [0.15, 0.2) is 0 Å². The Morgan fingerprint density at radius 2 is 1.82 bits per heavy atom. The standard InChI is InChI=1S/C12H17NO2.C9H11NO3/c1-3-10-7-5-6-8-11(10)13-9-12(14)15-4-2;11-9(12)2-1-7-13-8-3-5-10-6-4-8/h5-8,13H,3-4,9H2,1-2H3;3-6H,1-2,7H2,(H,11,12). The highest BCUT2D eigenvalue weighted by Crippen LogP contribution is 2.14. The zero-order valence-electron chi connectivity index (χ0n) is 16.4. The number of nitrogens with one attached hydrogen (secondary N) is 1. The molecule has 0 aliphatic carbocycles. The maximum atomic E-state index is 11.1. The van der Waals surface area contributed by atoms with Crippen molar-refractivity contribution in [2.75, 3.05) is 25.1 Å². The Balaban J connectivity index is 0.000000283. The first-order valence-corrected chi connectivity index (χ1v) is 9.28. The molecule has 28 heavy (non-hydrogen) atoms. The summed E-state index contributed by atoms with van der Waals surface area (Å²) in [5, 5.41) is 11.4. The molecule has 0 amide bonds. The number of ether oxygens (including phenoxy) is 2. The number of anilines is 1. The van der Waals surface area contributed by atoms with Gasteiger partial charge in [0.25, 0.3) is 0 Å². The van der Waals surface area contributed by atoms with Crippen molar-refractivity contribution < 1.29 is 24.2 Å². The van der Waals surface area contributed by atoms with E-state index in [1.165, 1.54) is 5.56 Å². The van der Waals surface area contributed by atoms with Gasteiger partial charge < -0.3 is 19.9 Å². The molecule has 0 fully saturated rings. The maximum Gasteiger partial charge on any atom is 0.325 e. The van der Waals surface area contributed by atoms with Gasteiger partial charge in [-0.25, -0.2) is 0 Å². The fraction of sp³-hybridized carbons (Fsp3) is 0.381. The number of benzene rings is 1. The van der Waals surface area contributed by atoms with Crippen LogP contribution in [-0.2, 0) is 20.7 Å². The molecule has 2 aromatic rings. The summed E-state index contributed by atoms with van der Waals surface area (Å²) in [5.74, 6) is -0.290. The van der Waals surface area contributed by atoms with Crippen molar-refractivity contribution >= 4 is 17.6 Å². The molecule has 0 aliphatic heterocycles. The minimum absolute atomic E-state index is 0.144. The average molecular weight is 388 g/mol. The van der Waals surface area contributed by atoms with Gasteiger partial charge in [0.05, 0.1) is 13.2 Å². The number of esters is 1. The Morgan fingerprint density at radius 3 is 2.46 bits per heavy atom. The van der Waals surface area contributed by atoms with Gasteiger partial charge in [0.2, 0.25) is 0 Å². The highest BCUT2D eigenvalue weighted by Gasteiger charge is 2.03.